The molecule has 1 aromatic heterocycles. The van der Waals surface area contributed by atoms with Crippen molar-refractivity contribution in [3.8, 4) is 11.3 Å². The smallest absolute Gasteiger partial charge is 0.268 e. The number of amides is 2. The Morgan fingerprint density at radius 1 is 1.10 bits per heavy atom. The van der Waals surface area contributed by atoms with Gasteiger partial charge in [-0.1, -0.05) is 0 Å². The first-order valence-corrected chi connectivity index (χ1v) is 9.37. The van der Waals surface area contributed by atoms with Crippen molar-refractivity contribution in [2.24, 2.45) is 0 Å². The van der Waals surface area contributed by atoms with Crippen molar-refractivity contribution in [3.05, 3.63) is 70.7 Å². The van der Waals surface area contributed by atoms with E-state index in [4.69, 9.17) is 0 Å². The molecule has 30 heavy (non-hydrogen) atoms. The zero-order chi connectivity index (χ0) is 21.4. The summed E-state index contributed by atoms with van der Waals surface area (Å²) in [5.41, 5.74) is 2.67. The summed E-state index contributed by atoms with van der Waals surface area (Å²) in [6.45, 7) is 2.12. The highest BCUT2D eigenvalue weighted by molar-refractivity contribution is 6.00. The molecule has 0 fully saturated rings. The van der Waals surface area contributed by atoms with Crippen LogP contribution in [0.5, 0.6) is 0 Å². The molecule has 1 aliphatic heterocycles. The molecule has 0 unspecified atom stereocenters. The van der Waals surface area contributed by atoms with Gasteiger partial charge < -0.3 is 15.6 Å². The Balaban J connectivity index is 1.67. The first-order valence-electron chi connectivity index (χ1n) is 9.37. The Morgan fingerprint density at radius 3 is 2.50 bits per heavy atom. The second-order valence-corrected chi connectivity index (χ2v) is 7.18. The van der Waals surface area contributed by atoms with Crippen LogP contribution >= 0.6 is 0 Å². The van der Waals surface area contributed by atoms with Crippen LogP contribution < -0.4 is 10.6 Å². The molecule has 0 bridgehead atoms. The lowest BCUT2D eigenvalue weighted by Crippen LogP contribution is -2.30. The molecule has 0 atom stereocenters. The van der Waals surface area contributed by atoms with Crippen molar-refractivity contribution in [2.45, 2.75) is 19.8 Å². The predicted molar refractivity (Wildman–Crippen MR) is 106 cm³/mol. The minimum atomic E-state index is -0.757. The summed E-state index contributed by atoms with van der Waals surface area (Å²) in [4.78, 5) is 27.1. The van der Waals surface area contributed by atoms with E-state index in [2.05, 4.69) is 15.6 Å². The van der Waals surface area contributed by atoms with E-state index in [1.54, 1.807) is 6.92 Å². The van der Waals surface area contributed by atoms with Crippen molar-refractivity contribution in [2.75, 3.05) is 6.54 Å². The number of rotatable bonds is 5. The van der Waals surface area contributed by atoms with Gasteiger partial charge in [0.2, 0.25) is 5.91 Å². The highest BCUT2D eigenvalue weighted by Crippen LogP contribution is 2.33. The topological polar surface area (TPSA) is 74.0 Å². The fraction of sp³-hybridized carbons (Fsp3) is 0.182. The van der Waals surface area contributed by atoms with Crippen LogP contribution in [0.25, 0.3) is 22.2 Å². The monoisotopic (exact) mass is 413 g/mol. The van der Waals surface area contributed by atoms with Gasteiger partial charge in [-0.2, -0.15) is 0 Å². The van der Waals surface area contributed by atoms with Gasteiger partial charge in [-0.05, 0) is 60.4 Å². The molecule has 2 heterocycles. The SMILES string of the molecule is CC1=C(NC(=O)CCc2c(-c3ccc(F)cc3)[nH]c3c(F)cc(F)cc23)C(=O)NC1. The summed E-state index contributed by atoms with van der Waals surface area (Å²) in [5, 5.41) is 5.53. The molecule has 1 aliphatic rings. The van der Waals surface area contributed by atoms with E-state index in [1.807, 2.05) is 0 Å². The van der Waals surface area contributed by atoms with Crippen LogP contribution in [0.15, 0.2) is 47.7 Å². The Morgan fingerprint density at radius 2 is 1.83 bits per heavy atom. The lowest BCUT2D eigenvalue weighted by atomic mass is 10.0. The first kappa shape index (κ1) is 19.8. The highest BCUT2D eigenvalue weighted by atomic mass is 19.1. The van der Waals surface area contributed by atoms with E-state index < -0.39 is 23.4 Å². The lowest BCUT2D eigenvalue weighted by molar-refractivity contribution is -0.123. The van der Waals surface area contributed by atoms with Gasteiger partial charge in [-0.15, -0.1) is 0 Å². The maximum atomic E-state index is 14.3. The fourth-order valence-corrected chi connectivity index (χ4v) is 3.58. The number of nitrogens with one attached hydrogen (secondary N) is 3. The van der Waals surface area contributed by atoms with E-state index in [0.29, 0.717) is 28.8 Å². The van der Waals surface area contributed by atoms with E-state index in [0.717, 1.165) is 11.6 Å². The van der Waals surface area contributed by atoms with Crippen LogP contribution in [0, 0.1) is 17.5 Å². The Hall–Kier alpha value is -3.55. The Kier molecular flexibility index (Phi) is 5.07. The van der Waals surface area contributed by atoms with Gasteiger partial charge in [-0.3, -0.25) is 9.59 Å². The van der Waals surface area contributed by atoms with Crippen LogP contribution in [0.4, 0.5) is 13.2 Å². The molecule has 0 aliphatic carbocycles. The van der Waals surface area contributed by atoms with Gasteiger partial charge in [0.1, 0.15) is 23.1 Å². The third-order valence-electron chi connectivity index (χ3n) is 5.10. The maximum Gasteiger partial charge on any atom is 0.268 e. The van der Waals surface area contributed by atoms with Gasteiger partial charge in [0, 0.05) is 30.1 Å². The number of carbonyl (C=O) groups excluding carboxylic acids is 2. The average Bonchev–Trinajstić information content (AvgIpc) is 3.22. The molecule has 0 radical (unpaired) electrons. The Bertz CT molecular complexity index is 1200. The lowest BCUT2D eigenvalue weighted by Gasteiger charge is -2.08. The minimum Gasteiger partial charge on any atom is -0.352 e. The third kappa shape index (κ3) is 3.68. The molecule has 8 heteroatoms. The number of hydrogen-bond donors (Lipinski definition) is 3. The normalized spacial score (nSPS) is 13.8. The summed E-state index contributed by atoms with van der Waals surface area (Å²) in [6.07, 6.45) is 0.152. The van der Waals surface area contributed by atoms with Crippen LogP contribution in [0.3, 0.4) is 0 Å². The van der Waals surface area contributed by atoms with Crippen LogP contribution in [0.1, 0.15) is 18.9 Å². The Labute approximate surface area is 170 Å². The van der Waals surface area contributed by atoms with E-state index >= 15 is 0 Å². The number of fused-ring (bicyclic) bond motifs is 1. The molecule has 154 valence electrons. The first-order chi connectivity index (χ1) is 14.3. The molecule has 2 aromatic carbocycles. The van der Waals surface area contributed by atoms with E-state index in [9.17, 15) is 22.8 Å². The van der Waals surface area contributed by atoms with Crippen molar-refractivity contribution in [1.29, 1.82) is 0 Å². The molecule has 0 saturated heterocycles. The largest absolute Gasteiger partial charge is 0.352 e. The fourth-order valence-electron chi connectivity index (χ4n) is 3.58. The number of aromatic amines is 1. The second-order valence-electron chi connectivity index (χ2n) is 7.18. The number of aromatic nitrogens is 1. The van der Waals surface area contributed by atoms with E-state index in [-0.39, 0.29) is 30.0 Å². The standard InChI is InChI=1S/C22H18F3N3O2/c1-11-10-26-22(30)19(11)27-18(29)7-6-15-16-8-14(24)9-17(25)21(16)28-20(15)12-2-4-13(23)5-3-12/h2-5,8-9,28H,6-7,10H2,1H3,(H,26,30)(H,27,29). The number of aryl methyl sites for hydroxylation is 1. The molecule has 0 spiro atoms. The van der Waals surface area contributed by atoms with Gasteiger partial charge in [0.25, 0.3) is 5.91 Å². The third-order valence-corrected chi connectivity index (χ3v) is 5.10. The highest BCUT2D eigenvalue weighted by Gasteiger charge is 2.22. The van der Waals surface area contributed by atoms with Crippen molar-refractivity contribution >= 4 is 22.7 Å². The molecule has 0 saturated carbocycles. The maximum absolute atomic E-state index is 14.3. The average molecular weight is 413 g/mol. The number of halogens is 3. The molecular weight excluding hydrogens is 395 g/mol. The van der Waals surface area contributed by atoms with Gasteiger partial charge >= 0.3 is 0 Å². The summed E-state index contributed by atoms with van der Waals surface area (Å²) in [5.74, 6) is -2.65. The molecular formula is C22H18F3N3O2. The molecule has 5 nitrogen and oxygen atoms in total. The molecule has 3 aromatic rings. The molecule has 2 amide bonds. The van der Waals surface area contributed by atoms with Crippen molar-refractivity contribution in [1.82, 2.24) is 15.6 Å². The zero-order valence-electron chi connectivity index (χ0n) is 16.0. The number of carbonyl (C=O) groups is 2. The second kappa shape index (κ2) is 7.70. The number of benzene rings is 2. The molecule has 4 rings (SSSR count). The summed E-state index contributed by atoms with van der Waals surface area (Å²) >= 11 is 0. The summed E-state index contributed by atoms with van der Waals surface area (Å²) in [6, 6.07) is 7.55. The quantitative estimate of drug-likeness (QED) is 0.597. The predicted octanol–water partition coefficient (Wildman–Crippen LogP) is 3.70. The zero-order valence-corrected chi connectivity index (χ0v) is 16.0. The van der Waals surface area contributed by atoms with Gasteiger partial charge in [0.15, 0.2) is 0 Å². The van der Waals surface area contributed by atoms with Gasteiger partial charge in [0.05, 0.1) is 5.52 Å². The van der Waals surface area contributed by atoms with Crippen LogP contribution in [-0.4, -0.2) is 23.3 Å². The van der Waals surface area contributed by atoms with E-state index in [1.165, 1.54) is 30.3 Å². The number of hydrogen-bond acceptors (Lipinski definition) is 2. The summed E-state index contributed by atoms with van der Waals surface area (Å²) < 4.78 is 41.5. The molecule has 3 N–H and O–H groups in total. The van der Waals surface area contributed by atoms with Crippen LogP contribution in [-0.2, 0) is 16.0 Å². The van der Waals surface area contributed by atoms with Crippen molar-refractivity contribution < 1.29 is 22.8 Å². The van der Waals surface area contributed by atoms with Gasteiger partial charge in [-0.25, -0.2) is 13.2 Å². The van der Waals surface area contributed by atoms with Crippen molar-refractivity contribution in [3.63, 3.8) is 0 Å². The number of H-pyrrole nitrogens is 1. The summed E-state index contributed by atoms with van der Waals surface area (Å²) in [7, 11) is 0. The minimum absolute atomic E-state index is 0.0106. The van der Waals surface area contributed by atoms with Crippen LogP contribution in [0.2, 0.25) is 0 Å².